The van der Waals surface area contributed by atoms with E-state index in [2.05, 4.69) is 20.7 Å². The van der Waals surface area contributed by atoms with Crippen molar-refractivity contribution in [3.8, 4) is 0 Å². The molecule has 0 radical (unpaired) electrons. The van der Waals surface area contributed by atoms with Crippen LogP contribution in [0.5, 0.6) is 0 Å². The zero-order valence-corrected chi connectivity index (χ0v) is 12.4. The van der Waals surface area contributed by atoms with E-state index in [1.165, 1.54) is 18.2 Å². The predicted octanol–water partition coefficient (Wildman–Crippen LogP) is 3.70. The van der Waals surface area contributed by atoms with Gasteiger partial charge in [0.15, 0.2) is 0 Å². The van der Waals surface area contributed by atoms with Gasteiger partial charge < -0.3 is 0 Å². The van der Waals surface area contributed by atoms with Gasteiger partial charge in [-0.15, -0.1) is 0 Å². The van der Waals surface area contributed by atoms with Crippen molar-refractivity contribution in [3.63, 3.8) is 0 Å². The van der Waals surface area contributed by atoms with Crippen molar-refractivity contribution in [1.82, 2.24) is 0 Å². The van der Waals surface area contributed by atoms with Gasteiger partial charge in [0.1, 0.15) is 10.7 Å². The van der Waals surface area contributed by atoms with Crippen LogP contribution >= 0.6 is 15.9 Å². The van der Waals surface area contributed by atoms with Gasteiger partial charge in [-0.25, -0.2) is 12.8 Å². The largest absolute Gasteiger partial charge is 0.279 e. The zero-order valence-electron chi connectivity index (χ0n) is 10.0. The number of sulfonamides is 1. The summed E-state index contributed by atoms with van der Waals surface area (Å²) in [6.07, 6.45) is 0. The second-order valence-electron chi connectivity index (χ2n) is 4.00. The molecule has 100 valence electrons. The van der Waals surface area contributed by atoms with Gasteiger partial charge in [0.2, 0.25) is 0 Å². The lowest BCUT2D eigenvalue weighted by atomic mass is 10.2. The van der Waals surface area contributed by atoms with Crippen molar-refractivity contribution in [3.05, 3.63) is 58.3 Å². The highest BCUT2D eigenvalue weighted by molar-refractivity contribution is 9.10. The summed E-state index contributed by atoms with van der Waals surface area (Å²) in [6, 6.07) is 10.4. The van der Waals surface area contributed by atoms with E-state index in [1.807, 2.05) is 0 Å². The molecule has 2 rings (SSSR count). The molecule has 0 saturated carbocycles. The minimum atomic E-state index is -3.92. The molecule has 0 aromatic heterocycles. The molecule has 0 spiro atoms. The van der Waals surface area contributed by atoms with Crippen LogP contribution in [0.2, 0.25) is 0 Å². The molecule has 0 heterocycles. The van der Waals surface area contributed by atoms with E-state index in [1.54, 1.807) is 25.1 Å². The maximum absolute atomic E-state index is 13.5. The normalized spacial score (nSPS) is 11.3. The fourth-order valence-electron chi connectivity index (χ4n) is 1.60. The van der Waals surface area contributed by atoms with Gasteiger partial charge in [0.25, 0.3) is 10.0 Å². The van der Waals surface area contributed by atoms with Crippen LogP contribution in [-0.4, -0.2) is 8.42 Å². The molecule has 0 amide bonds. The molecule has 6 heteroatoms. The third-order valence-corrected chi connectivity index (χ3v) is 4.45. The van der Waals surface area contributed by atoms with Crippen LogP contribution in [0.1, 0.15) is 5.56 Å². The standard InChI is InChI=1S/C13H11BrFNO2S/c1-9-8-10(14)6-7-12(9)16-19(17,18)13-5-3-2-4-11(13)15/h2-8,16H,1H3. The van der Waals surface area contributed by atoms with Gasteiger partial charge in [0.05, 0.1) is 5.69 Å². The van der Waals surface area contributed by atoms with Crippen molar-refractivity contribution in [2.24, 2.45) is 0 Å². The number of anilines is 1. The lowest BCUT2D eigenvalue weighted by Crippen LogP contribution is -2.15. The van der Waals surface area contributed by atoms with Gasteiger partial charge in [0, 0.05) is 4.47 Å². The molecule has 0 unspecified atom stereocenters. The van der Waals surface area contributed by atoms with E-state index in [9.17, 15) is 12.8 Å². The van der Waals surface area contributed by atoms with Crippen molar-refractivity contribution < 1.29 is 12.8 Å². The van der Waals surface area contributed by atoms with Gasteiger partial charge in [-0.1, -0.05) is 28.1 Å². The summed E-state index contributed by atoms with van der Waals surface area (Å²) in [5.41, 5.74) is 1.17. The highest BCUT2D eigenvalue weighted by Gasteiger charge is 2.19. The highest BCUT2D eigenvalue weighted by atomic mass is 79.9. The van der Waals surface area contributed by atoms with Crippen molar-refractivity contribution in [2.75, 3.05) is 4.72 Å². The number of nitrogens with one attached hydrogen (secondary N) is 1. The zero-order chi connectivity index (χ0) is 14.0. The number of rotatable bonds is 3. The average molecular weight is 344 g/mol. The molecule has 19 heavy (non-hydrogen) atoms. The Kier molecular flexibility index (Phi) is 3.91. The van der Waals surface area contributed by atoms with Gasteiger partial charge in [-0.05, 0) is 42.8 Å². The maximum atomic E-state index is 13.5. The van der Waals surface area contributed by atoms with E-state index in [-0.39, 0.29) is 4.90 Å². The van der Waals surface area contributed by atoms with E-state index in [0.717, 1.165) is 16.1 Å². The lowest BCUT2D eigenvalue weighted by molar-refractivity contribution is 0.570. The summed E-state index contributed by atoms with van der Waals surface area (Å²) in [7, 11) is -3.92. The number of hydrogen-bond acceptors (Lipinski definition) is 2. The monoisotopic (exact) mass is 343 g/mol. The average Bonchev–Trinajstić information content (AvgIpc) is 2.33. The summed E-state index contributed by atoms with van der Waals surface area (Å²) < 4.78 is 40.9. The van der Waals surface area contributed by atoms with Crippen LogP contribution in [0.15, 0.2) is 51.8 Å². The summed E-state index contributed by atoms with van der Waals surface area (Å²) in [6.45, 7) is 1.77. The molecule has 0 fully saturated rings. The first-order chi connectivity index (χ1) is 8.90. The number of halogens is 2. The Balaban J connectivity index is 2.40. The van der Waals surface area contributed by atoms with Gasteiger partial charge >= 0.3 is 0 Å². The van der Waals surface area contributed by atoms with Crippen LogP contribution in [0.4, 0.5) is 10.1 Å². The van der Waals surface area contributed by atoms with E-state index < -0.39 is 15.8 Å². The lowest BCUT2D eigenvalue weighted by Gasteiger charge is -2.11. The molecule has 0 atom stereocenters. The predicted molar refractivity (Wildman–Crippen MR) is 76.1 cm³/mol. The van der Waals surface area contributed by atoms with Crippen LogP contribution in [0, 0.1) is 12.7 Å². The molecule has 2 aromatic carbocycles. The third-order valence-electron chi connectivity index (χ3n) is 2.56. The Morgan fingerprint density at radius 2 is 1.84 bits per heavy atom. The number of hydrogen-bond donors (Lipinski definition) is 1. The number of aryl methyl sites for hydroxylation is 1. The summed E-state index contributed by atoms with van der Waals surface area (Å²) in [5.74, 6) is -0.773. The molecule has 0 bridgehead atoms. The second-order valence-corrected chi connectivity index (χ2v) is 6.56. The third kappa shape index (κ3) is 3.13. The van der Waals surface area contributed by atoms with E-state index in [0.29, 0.717) is 5.69 Å². The first kappa shape index (κ1) is 14.0. The fourth-order valence-corrected chi connectivity index (χ4v) is 3.29. The summed E-state index contributed by atoms with van der Waals surface area (Å²) in [4.78, 5) is -0.364. The molecule has 1 N–H and O–H groups in total. The molecule has 0 aliphatic rings. The van der Waals surface area contributed by atoms with Gasteiger partial charge in [-0.3, -0.25) is 4.72 Å². The smallest absolute Gasteiger partial charge is 0.264 e. The molecule has 0 saturated heterocycles. The first-order valence-electron chi connectivity index (χ1n) is 5.43. The summed E-state index contributed by atoms with van der Waals surface area (Å²) >= 11 is 3.30. The molecule has 2 aromatic rings. The topological polar surface area (TPSA) is 46.2 Å². The molecular formula is C13H11BrFNO2S. The highest BCUT2D eigenvalue weighted by Crippen LogP contribution is 2.23. The Labute approximate surface area is 119 Å². The Bertz CT molecular complexity index is 716. The molecule has 0 aliphatic carbocycles. The Morgan fingerprint density at radius 1 is 1.16 bits per heavy atom. The Hall–Kier alpha value is -1.40. The quantitative estimate of drug-likeness (QED) is 0.923. The molecular weight excluding hydrogens is 333 g/mol. The molecule has 0 aliphatic heterocycles. The fraction of sp³-hybridized carbons (Fsp3) is 0.0769. The minimum absolute atomic E-state index is 0.364. The van der Waals surface area contributed by atoms with Crippen LogP contribution in [0.3, 0.4) is 0 Å². The van der Waals surface area contributed by atoms with Gasteiger partial charge in [-0.2, -0.15) is 0 Å². The van der Waals surface area contributed by atoms with Crippen LogP contribution in [0.25, 0.3) is 0 Å². The van der Waals surface area contributed by atoms with Crippen molar-refractivity contribution >= 4 is 31.6 Å². The van der Waals surface area contributed by atoms with E-state index >= 15 is 0 Å². The maximum Gasteiger partial charge on any atom is 0.264 e. The van der Waals surface area contributed by atoms with Crippen molar-refractivity contribution in [1.29, 1.82) is 0 Å². The number of benzene rings is 2. The van der Waals surface area contributed by atoms with Crippen molar-refractivity contribution in [2.45, 2.75) is 11.8 Å². The first-order valence-corrected chi connectivity index (χ1v) is 7.71. The Morgan fingerprint density at radius 3 is 2.47 bits per heavy atom. The minimum Gasteiger partial charge on any atom is -0.279 e. The van der Waals surface area contributed by atoms with Crippen LogP contribution in [-0.2, 0) is 10.0 Å². The van der Waals surface area contributed by atoms with Crippen LogP contribution < -0.4 is 4.72 Å². The second kappa shape index (κ2) is 5.30. The SMILES string of the molecule is Cc1cc(Br)ccc1NS(=O)(=O)c1ccccc1F. The van der Waals surface area contributed by atoms with E-state index in [4.69, 9.17) is 0 Å². The summed E-state index contributed by atoms with van der Waals surface area (Å²) in [5, 5.41) is 0. The molecule has 3 nitrogen and oxygen atoms in total.